The van der Waals surface area contributed by atoms with E-state index < -0.39 is 12.1 Å². The largest absolute Gasteiger partial charge is 0.370 e. The van der Waals surface area contributed by atoms with E-state index in [4.69, 9.17) is 11.5 Å². The fourth-order valence-corrected chi connectivity index (χ4v) is 4.35. The van der Waals surface area contributed by atoms with Gasteiger partial charge in [-0.1, -0.05) is 62.9 Å². The summed E-state index contributed by atoms with van der Waals surface area (Å²) in [5.74, 6) is -0.839. The molecule has 37 heavy (non-hydrogen) atoms. The van der Waals surface area contributed by atoms with Crippen LogP contribution >= 0.6 is 0 Å². The predicted octanol–water partition coefficient (Wildman–Crippen LogP) is 1.09. The molecule has 0 bridgehead atoms. The van der Waals surface area contributed by atoms with Gasteiger partial charge in [-0.2, -0.15) is 0 Å². The first kappa shape index (κ1) is 30.1. The summed E-state index contributed by atoms with van der Waals surface area (Å²) in [6.45, 7) is 3.86. The van der Waals surface area contributed by atoms with Gasteiger partial charge in [0, 0.05) is 19.5 Å². The number of amides is 3. The van der Waals surface area contributed by atoms with E-state index in [1.165, 1.54) is 6.42 Å². The Hall–Kier alpha value is -3.14. The van der Waals surface area contributed by atoms with E-state index in [9.17, 15) is 14.4 Å². The highest BCUT2D eigenvalue weighted by atomic mass is 16.2. The Balaban J connectivity index is 2.05. The van der Waals surface area contributed by atoms with Crippen molar-refractivity contribution in [3.05, 3.63) is 35.9 Å². The second-order valence-electron chi connectivity index (χ2n) is 9.62. The van der Waals surface area contributed by atoms with Crippen molar-refractivity contribution < 1.29 is 14.4 Å². The number of nitrogens with zero attached hydrogens (tertiary/aromatic N) is 1. The molecule has 1 fully saturated rings. The van der Waals surface area contributed by atoms with Crippen LogP contribution in [0.2, 0.25) is 0 Å². The molecule has 10 nitrogen and oxygen atoms in total. The number of hydrogen-bond acceptors (Lipinski definition) is 5. The van der Waals surface area contributed by atoms with Crippen LogP contribution in [0, 0.1) is 0 Å². The molecule has 206 valence electrons. The number of nitrogens with two attached hydrogens (primary N) is 2. The average Bonchev–Trinajstić information content (AvgIpc) is 3.43. The van der Waals surface area contributed by atoms with Crippen molar-refractivity contribution in [3.63, 3.8) is 0 Å². The van der Waals surface area contributed by atoms with E-state index in [0.29, 0.717) is 32.4 Å². The fourth-order valence-electron chi connectivity index (χ4n) is 4.35. The van der Waals surface area contributed by atoms with Crippen LogP contribution in [0.3, 0.4) is 0 Å². The quantitative estimate of drug-likeness (QED) is 0.103. The van der Waals surface area contributed by atoms with E-state index in [-0.39, 0.29) is 29.7 Å². The van der Waals surface area contributed by atoms with Crippen LogP contribution in [0.1, 0.15) is 70.3 Å². The third-order valence-electron chi connectivity index (χ3n) is 6.45. The average molecular weight is 516 g/mol. The molecule has 1 aliphatic heterocycles. The van der Waals surface area contributed by atoms with Crippen LogP contribution in [-0.4, -0.2) is 61.4 Å². The molecule has 10 heteroatoms. The number of unbranched alkanes of at least 4 members (excludes halogenated alkanes) is 4. The molecule has 0 spiro atoms. The highest BCUT2D eigenvalue weighted by molar-refractivity contribution is 5.93. The molecule has 3 unspecified atom stereocenters. The molecule has 1 aromatic rings. The van der Waals surface area contributed by atoms with Gasteiger partial charge in [0.2, 0.25) is 17.7 Å². The van der Waals surface area contributed by atoms with Gasteiger partial charge in [0.1, 0.15) is 12.1 Å². The summed E-state index contributed by atoms with van der Waals surface area (Å²) in [4.78, 5) is 43.2. The number of carbonyl (C=O) groups is 3. The Bertz CT molecular complexity index is 853. The zero-order chi connectivity index (χ0) is 26.9. The molecule has 0 aromatic heterocycles. The highest BCUT2D eigenvalue weighted by Gasteiger charge is 2.30. The number of aliphatic imine (C=N–C) groups is 1. The first-order chi connectivity index (χ1) is 17.9. The Morgan fingerprint density at radius 2 is 1.76 bits per heavy atom. The molecule has 0 saturated carbocycles. The van der Waals surface area contributed by atoms with Gasteiger partial charge in [-0.25, -0.2) is 0 Å². The second kappa shape index (κ2) is 17.3. The van der Waals surface area contributed by atoms with Crippen LogP contribution in [0.5, 0.6) is 0 Å². The van der Waals surface area contributed by atoms with Crippen molar-refractivity contribution in [3.8, 4) is 0 Å². The van der Waals surface area contributed by atoms with Gasteiger partial charge in [-0.15, -0.1) is 0 Å². The fraction of sp³-hybridized carbons (Fsp3) is 0.630. The summed E-state index contributed by atoms with van der Waals surface area (Å²) in [7, 11) is 0. The summed E-state index contributed by atoms with van der Waals surface area (Å²) in [6.07, 6.45) is 8.30. The summed E-state index contributed by atoms with van der Waals surface area (Å²) in [6, 6.07) is 7.65. The smallest absolute Gasteiger partial charge is 0.243 e. The predicted molar refractivity (Wildman–Crippen MR) is 147 cm³/mol. The molecule has 0 radical (unpaired) electrons. The number of nitrogens with one attached hydrogen (secondary N) is 4. The number of hydrogen-bond donors (Lipinski definition) is 6. The maximum atomic E-state index is 13.4. The third kappa shape index (κ3) is 12.1. The minimum atomic E-state index is -0.806. The lowest BCUT2D eigenvalue weighted by atomic mass is 10.0. The number of rotatable bonds is 17. The van der Waals surface area contributed by atoms with Gasteiger partial charge in [-0.05, 0) is 44.2 Å². The Morgan fingerprint density at radius 1 is 1.00 bits per heavy atom. The van der Waals surface area contributed by atoms with Crippen molar-refractivity contribution in [1.29, 1.82) is 0 Å². The van der Waals surface area contributed by atoms with Crippen LogP contribution in [0.4, 0.5) is 0 Å². The molecule has 8 N–H and O–H groups in total. The van der Waals surface area contributed by atoms with Crippen LogP contribution in [-0.2, 0) is 20.8 Å². The monoisotopic (exact) mass is 515 g/mol. The Morgan fingerprint density at radius 3 is 2.43 bits per heavy atom. The summed E-state index contributed by atoms with van der Waals surface area (Å²) in [5.41, 5.74) is 11.7. The zero-order valence-corrected chi connectivity index (χ0v) is 22.1. The van der Waals surface area contributed by atoms with Crippen LogP contribution in [0.15, 0.2) is 35.3 Å². The number of guanidine groups is 1. The highest BCUT2D eigenvalue weighted by Crippen LogP contribution is 2.09. The maximum Gasteiger partial charge on any atom is 0.243 e. The van der Waals surface area contributed by atoms with Crippen molar-refractivity contribution in [2.75, 3.05) is 19.6 Å². The van der Waals surface area contributed by atoms with Crippen LogP contribution < -0.4 is 32.7 Å². The van der Waals surface area contributed by atoms with E-state index >= 15 is 0 Å². The molecule has 3 amide bonds. The standard InChI is InChI=1S/C27H45N7O3/c1-2-3-4-5-9-16-31-24(35)22(15-11-18-32-27(28)29)33-26(37)23(19-20-12-7-6-8-13-20)34-25(36)21-14-10-17-30-21/h6-8,12-13,21-23,30H,2-5,9-11,14-19H2,1H3,(H,31,35)(H,33,37)(H,34,36)(H4,28,29,32). The molecule has 3 atom stereocenters. The lowest BCUT2D eigenvalue weighted by Crippen LogP contribution is -2.56. The van der Waals surface area contributed by atoms with E-state index in [1.54, 1.807) is 0 Å². The topological polar surface area (TPSA) is 164 Å². The Kier molecular flexibility index (Phi) is 14.1. The normalized spacial score (nSPS) is 16.4. The molecular weight excluding hydrogens is 470 g/mol. The lowest BCUT2D eigenvalue weighted by molar-refractivity contribution is -0.132. The van der Waals surface area contributed by atoms with Crippen molar-refractivity contribution in [1.82, 2.24) is 21.3 Å². The van der Waals surface area contributed by atoms with Gasteiger partial charge in [0.05, 0.1) is 6.04 Å². The zero-order valence-electron chi connectivity index (χ0n) is 22.1. The Labute approximate surface area is 220 Å². The van der Waals surface area contributed by atoms with Crippen molar-refractivity contribution in [2.45, 2.75) is 89.3 Å². The number of carbonyl (C=O) groups excluding carboxylic acids is 3. The van der Waals surface area contributed by atoms with E-state index in [1.807, 2.05) is 30.3 Å². The first-order valence-corrected chi connectivity index (χ1v) is 13.6. The molecule has 1 saturated heterocycles. The summed E-state index contributed by atoms with van der Waals surface area (Å²) < 4.78 is 0. The SMILES string of the molecule is CCCCCCCNC(=O)C(CCCN=C(N)N)NC(=O)C(Cc1ccccc1)NC(=O)C1CCCN1. The third-order valence-corrected chi connectivity index (χ3v) is 6.45. The first-order valence-electron chi connectivity index (χ1n) is 13.6. The minimum absolute atomic E-state index is 0.0109. The number of benzene rings is 1. The van der Waals surface area contributed by atoms with E-state index in [2.05, 4.69) is 33.2 Å². The van der Waals surface area contributed by atoms with Gasteiger partial charge in [0.25, 0.3) is 0 Å². The summed E-state index contributed by atoms with van der Waals surface area (Å²) in [5, 5.41) is 11.9. The molecule has 1 heterocycles. The van der Waals surface area contributed by atoms with Gasteiger partial charge >= 0.3 is 0 Å². The van der Waals surface area contributed by atoms with Crippen molar-refractivity contribution >= 4 is 23.7 Å². The molecule has 1 aliphatic rings. The van der Waals surface area contributed by atoms with Crippen molar-refractivity contribution in [2.24, 2.45) is 16.5 Å². The minimum Gasteiger partial charge on any atom is -0.370 e. The van der Waals surface area contributed by atoms with Gasteiger partial charge < -0.3 is 32.7 Å². The molecule has 0 aliphatic carbocycles. The van der Waals surface area contributed by atoms with Gasteiger partial charge in [0.15, 0.2) is 5.96 Å². The molecular formula is C27H45N7O3. The summed E-state index contributed by atoms with van der Waals surface area (Å²) >= 11 is 0. The molecule has 2 rings (SSSR count). The molecule has 1 aromatic carbocycles. The second-order valence-corrected chi connectivity index (χ2v) is 9.62. The lowest BCUT2D eigenvalue weighted by Gasteiger charge is -2.24. The maximum absolute atomic E-state index is 13.4. The van der Waals surface area contributed by atoms with Crippen LogP contribution in [0.25, 0.3) is 0 Å². The van der Waals surface area contributed by atoms with Gasteiger partial charge in [-0.3, -0.25) is 19.4 Å². The van der Waals surface area contributed by atoms with E-state index in [0.717, 1.165) is 50.6 Å².